The Morgan fingerprint density at radius 3 is 2.88 bits per heavy atom. The fourth-order valence-electron chi connectivity index (χ4n) is 1.18. The topological polar surface area (TPSA) is 82.5 Å². The maximum Gasteiger partial charge on any atom is 0.336 e. The highest BCUT2D eigenvalue weighted by molar-refractivity contribution is 5.76. The first-order chi connectivity index (χ1) is 7.43. The van der Waals surface area contributed by atoms with E-state index in [1.165, 1.54) is 6.92 Å². The van der Waals surface area contributed by atoms with Crippen LogP contribution in [0, 0.1) is 0 Å². The monoisotopic (exact) mass is 224 g/mol. The third kappa shape index (κ3) is 3.29. The summed E-state index contributed by atoms with van der Waals surface area (Å²) in [4.78, 5) is 14.6. The van der Waals surface area contributed by atoms with Crippen LogP contribution >= 0.6 is 0 Å². The number of nitrogens with zero attached hydrogens (tertiary/aromatic N) is 1. The largest absolute Gasteiger partial charge is 0.479 e. The third-order valence-electron chi connectivity index (χ3n) is 2.40. The van der Waals surface area contributed by atoms with E-state index in [0.29, 0.717) is 0 Å². The number of aliphatic hydroxyl groups is 1. The molecule has 0 aromatic carbocycles. The van der Waals surface area contributed by atoms with Gasteiger partial charge in [-0.2, -0.15) is 0 Å². The zero-order valence-electron chi connectivity index (χ0n) is 9.34. The van der Waals surface area contributed by atoms with Crippen LogP contribution in [-0.4, -0.2) is 33.3 Å². The average Bonchev–Trinajstić information content (AvgIpc) is 2.27. The predicted molar refractivity (Wildman–Crippen MR) is 58.9 cm³/mol. The van der Waals surface area contributed by atoms with Gasteiger partial charge in [0.2, 0.25) is 0 Å². The quantitative estimate of drug-likeness (QED) is 0.681. The van der Waals surface area contributed by atoms with Gasteiger partial charge in [-0.25, -0.2) is 4.79 Å². The van der Waals surface area contributed by atoms with Crippen molar-refractivity contribution in [2.75, 3.05) is 6.54 Å². The summed E-state index contributed by atoms with van der Waals surface area (Å²) in [5.41, 5.74) is -0.806. The Morgan fingerprint density at radius 1 is 1.69 bits per heavy atom. The maximum absolute atomic E-state index is 10.7. The van der Waals surface area contributed by atoms with E-state index < -0.39 is 11.6 Å². The first kappa shape index (κ1) is 12.6. The second-order valence-corrected chi connectivity index (χ2v) is 3.97. The molecule has 0 aliphatic rings. The molecule has 88 valence electrons. The molecule has 0 aliphatic heterocycles. The molecule has 0 spiro atoms. The molecule has 16 heavy (non-hydrogen) atoms. The summed E-state index contributed by atoms with van der Waals surface area (Å²) < 4.78 is 0. The van der Waals surface area contributed by atoms with Crippen molar-refractivity contribution >= 4 is 5.97 Å². The van der Waals surface area contributed by atoms with E-state index in [1.54, 1.807) is 12.4 Å². The molecule has 0 saturated heterocycles. The van der Waals surface area contributed by atoms with Gasteiger partial charge in [-0.1, -0.05) is 6.07 Å². The van der Waals surface area contributed by atoms with Crippen molar-refractivity contribution in [1.82, 2.24) is 10.3 Å². The molecule has 0 radical (unpaired) electrons. The summed E-state index contributed by atoms with van der Waals surface area (Å²) in [7, 11) is 0. The van der Waals surface area contributed by atoms with Gasteiger partial charge in [0, 0.05) is 25.0 Å². The molecular formula is C11H16N2O3. The molecule has 0 amide bonds. The smallest absolute Gasteiger partial charge is 0.336 e. The number of hydrogen-bond donors (Lipinski definition) is 3. The standard InChI is InChI=1S/C11H16N2O3/c1-8(9-4-3-5-12-6-9)13-7-11(2,16)10(14)15/h3-6,8,13,16H,7H2,1-2H3,(H,14,15)/t8-,11?/m0/s1. The summed E-state index contributed by atoms with van der Waals surface area (Å²) in [6.07, 6.45) is 3.37. The molecule has 1 aromatic rings. The minimum absolute atomic E-state index is 0.0155. The molecule has 1 heterocycles. The summed E-state index contributed by atoms with van der Waals surface area (Å²) in [6.45, 7) is 3.13. The molecule has 1 unspecified atom stereocenters. The zero-order chi connectivity index (χ0) is 12.2. The van der Waals surface area contributed by atoms with Crippen LogP contribution in [0.4, 0.5) is 0 Å². The van der Waals surface area contributed by atoms with E-state index in [9.17, 15) is 9.90 Å². The van der Waals surface area contributed by atoms with Crippen LogP contribution in [0.1, 0.15) is 25.5 Å². The van der Waals surface area contributed by atoms with Crippen molar-refractivity contribution in [3.63, 3.8) is 0 Å². The Balaban J connectivity index is 2.54. The molecule has 1 rings (SSSR count). The summed E-state index contributed by atoms with van der Waals surface area (Å²) in [6, 6.07) is 3.64. The van der Waals surface area contributed by atoms with E-state index >= 15 is 0 Å². The molecule has 0 aliphatic carbocycles. The van der Waals surface area contributed by atoms with E-state index in [2.05, 4.69) is 10.3 Å². The highest BCUT2D eigenvalue weighted by Crippen LogP contribution is 2.11. The fourth-order valence-corrected chi connectivity index (χ4v) is 1.18. The lowest BCUT2D eigenvalue weighted by molar-refractivity contribution is -0.156. The van der Waals surface area contributed by atoms with Crippen molar-refractivity contribution in [2.45, 2.75) is 25.5 Å². The van der Waals surface area contributed by atoms with Gasteiger partial charge in [0.05, 0.1) is 0 Å². The Kier molecular flexibility index (Phi) is 3.98. The van der Waals surface area contributed by atoms with Crippen molar-refractivity contribution in [2.24, 2.45) is 0 Å². The number of aromatic nitrogens is 1. The number of hydrogen-bond acceptors (Lipinski definition) is 4. The molecule has 0 saturated carbocycles. The maximum atomic E-state index is 10.7. The number of rotatable bonds is 5. The van der Waals surface area contributed by atoms with Crippen LogP contribution in [0.5, 0.6) is 0 Å². The molecule has 5 nitrogen and oxygen atoms in total. The van der Waals surface area contributed by atoms with E-state index in [1.807, 2.05) is 19.1 Å². The molecule has 0 fully saturated rings. The van der Waals surface area contributed by atoms with Crippen LogP contribution in [0.15, 0.2) is 24.5 Å². The molecule has 0 bridgehead atoms. The third-order valence-corrected chi connectivity index (χ3v) is 2.40. The minimum Gasteiger partial charge on any atom is -0.479 e. The predicted octanol–water partition coefficient (Wildman–Crippen LogP) is 0.568. The van der Waals surface area contributed by atoms with Crippen molar-refractivity contribution in [3.8, 4) is 0 Å². The number of carbonyl (C=O) groups is 1. The van der Waals surface area contributed by atoms with Gasteiger partial charge in [0.1, 0.15) is 0 Å². The molecular weight excluding hydrogens is 208 g/mol. The van der Waals surface area contributed by atoms with E-state index in [0.717, 1.165) is 5.56 Å². The van der Waals surface area contributed by atoms with Crippen LogP contribution in [0.25, 0.3) is 0 Å². The molecule has 2 atom stereocenters. The van der Waals surface area contributed by atoms with Crippen LogP contribution in [-0.2, 0) is 4.79 Å². The highest BCUT2D eigenvalue weighted by Gasteiger charge is 2.29. The Morgan fingerprint density at radius 2 is 2.38 bits per heavy atom. The van der Waals surface area contributed by atoms with Gasteiger partial charge in [0.25, 0.3) is 0 Å². The second kappa shape index (κ2) is 5.05. The Labute approximate surface area is 94.1 Å². The number of pyridine rings is 1. The molecule has 1 aromatic heterocycles. The fraction of sp³-hybridized carbons (Fsp3) is 0.455. The van der Waals surface area contributed by atoms with Gasteiger partial charge in [0.15, 0.2) is 5.60 Å². The second-order valence-electron chi connectivity index (χ2n) is 3.97. The molecule has 5 heteroatoms. The van der Waals surface area contributed by atoms with E-state index in [-0.39, 0.29) is 12.6 Å². The summed E-state index contributed by atoms with van der Waals surface area (Å²) >= 11 is 0. The van der Waals surface area contributed by atoms with Crippen LogP contribution in [0.3, 0.4) is 0 Å². The first-order valence-corrected chi connectivity index (χ1v) is 5.02. The number of nitrogens with one attached hydrogen (secondary N) is 1. The zero-order valence-corrected chi connectivity index (χ0v) is 9.34. The van der Waals surface area contributed by atoms with E-state index in [4.69, 9.17) is 5.11 Å². The van der Waals surface area contributed by atoms with Crippen molar-refractivity contribution < 1.29 is 15.0 Å². The van der Waals surface area contributed by atoms with Gasteiger partial charge in [-0.15, -0.1) is 0 Å². The molecule has 3 N–H and O–H groups in total. The van der Waals surface area contributed by atoms with Gasteiger partial charge in [-0.05, 0) is 25.5 Å². The summed E-state index contributed by atoms with van der Waals surface area (Å²) in [5, 5.41) is 21.2. The number of carboxylic acids is 1. The lowest BCUT2D eigenvalue weighted by atomic mass is 10.1. The van der Waals surface area contributed by atoms with Gasteiger partial charge in [-0.3, -0.25) is 4.98 Å². The Hall–Kier alpha value is -1.46. The normalized spacial score (nSPS) is 16.4. The first-order valence-electron chi connectivity index (χ1n) is 5.02. The number of aliphatic carboxylic acids is 1. The number of carboxylic acid groups (broad SMARTS) is 1. The SMILES string of the molecule is C[C@H](NCC(C)(O)C(=O)O)c1cccnc1. The minimum atomic E-state index is -1.75. The highest BCUT2D eigenvalue weighted by atomic mass is 16.4. The average molecular weight is 224 g/mol. The Bertz CT molecular complexity index is 352. The van der Waals surface area contributed by atoms with Gasteiger partial charge < -0.3 is 15.5 Å². The van der Waals surface area contributed by atoms with Gasteiger partial charge >= 0.3 is 5.97 Å². The van der Waals surface area contributed by atoms with Crippen LogP contribution < -0.4 is 5.32 Å². The lowest BCUT2D eigenvalue weighted by Gasteiger charge is -2.21. The van der Waals surface area contributed by atoms with Crippen molar-refractivity contribution in [3.05, 3.63) is 30.1 Å². The summed E-state index contributed by atoms with van der Waals surface area (Å²) in [5.74, 6) is -1.24. The van der Waals surface area contributed by atoms with Crippen LogP contribution in [0.2, 0.25) is 0 Å². The lowest BCUT2D eigenvalue weighted by Crippen LogP contribution is -2.45. The van der Waals surface area contributed by atoms with Crippen molar-refractivity contribution in [1.29, 1.82) is 0 Å².